The predicted octanol–water partition coefficient (Wildman–Crippen LogP) is 5.92. The van der Waals surface area contributed by atoms with E-state index in [0.29, 0.717) is 12.1 Å². The Balaban J connectivity index is 2.39. The maximum absolute atomic E-state index is 13.9. The molecule has 0 saturated carbocycles. The SMILES string of the molecule is Fc1cc(OC(F)(F)c2c(F)cc(Cl)cc2F)cc(F)c1OC(F)(F)F. The summed E-state index contributed by atoms with van der Waals surface area (Å²) in [6.45, 7) is 0. The second-order valence-corrected chi connectivity index (χ2v) is 5.06. The number of benzene rings is 2. The molecule has 0 atom stereocenters. The molecule has 12 heteroatoms. The minimum Gasteiger partial charge on any atom is -0.429 e. The fourth-order valence-corrected chi connectivity index (χ4v) is 2.02. The molecule has 2 aromatic carbocycles. The van der Waals surface area contributed by atoms with E-state index in [9.17, 15) is 39.5 Å². The van der Waals surface area contributed by atoms with Gasteiger partial charge in [0.05, 0.1) is 0 Å². The highest BCUT2D eigenvalue weighted by atomic mass is 35.5. The summed E-state index contributed by atoms with van der Waals surface area (Å²) in [6.07, 6.45) is -10.2. The summed E-state index contributed by atoms with van der Waals surface area (Å²) in [5.41, 5.74) is -1.92. The van der Waals surface area contributed by atoms with Gasteiger partial charge in [0.25, 0.3) is 0 Å². The Bertz CT molecular complexity index is 790. The summed E-state index contributed by atoms with van der Waals surface area (Å²) >= 11 is 5.27. The zero-order chi connectivity index (χ0) is 19.9. The van der Waals surface area contributed by atoms with Gasteiger partial charge in [0.2, 0.25) is 5.75 Å². The number of ether oxygens (including phenoxy) is 2. The molecular weight excluding hydrogens is 407 g/mol. The number of halogens is 10. The lowest BCUT2D eigenvalue weighted by atomic mass is 10.2. The fourth-order valence-electron chi connectivity index (χ4n) is 1.83. The molecule has 2 aromatic rings. The molecule has 0 radical (unpaired) electrons. The van der Waals surface area contributed by atoms with Crippen LogP contribution in [-0.2, 0) is 6.11 Å². The van der Waals surface area contributed by atoms with Crippen molar-refractivity contribution in [2.45, 2.75) is 12.5 Å². The van der Waals surface area contributed by atoms with Crippen LogP contribution in [0.3, 0.4) is 0 Å². The van der Waals surface area contributed by atoms with E-state index in [4.69, 9.17) is 11.6 Å². The molecule has 0 aliphatic rings. The molecule has 0 aliphatic heterocycles. The van der Waals surface area contributed by atoms with Crippen molar-refractivity contribution < 1.29 is 49.0 Å². The van der Waals surface area contributed by atoms with Gasteiger partial charge in [-0.3, -0.25) is 0 Å². The molecule has 0 aliphatic carbocycles. The second kappa shape index (κ2) is 6.78. The van der Waals surface area contributed by atoms with Crippen molar-refractivity contribution in [3.63, 3.8) is 0 Å². The zero-order valence-electron chi connectivity index (χ0n) is 11.9. The van der Waals surface area contributed by atoms with E-state index in [-0.39, 0.29) is 12.1 Å². The molecule has 0 amide bonds. The van der Waals surface area contributed by atoms with Gasteiger partial charge in [-0.2, -0.15) is 8.78 Å². The summed E-state index contributed by atoms with van der Waals surface area (Å²) in [4.78, 5) is 0. The summed E-state index contributed by atoms with van der Waals surface area (Å²) in [5.74, 6) is -11.0. The number of alkyl halides is 5. The van der Waals surface area contributed by atoms with Gasteiger partial charge < -0.3 is 9.47 Å². The van der Waals surface area contributed by atoms with E-state index in [1.807, 2.05) is 0 Å². The molecule has 0 unspecified atom stereocenters. The van der Waals surface area contributed by atoms with E-state index >= 15 is 0 Å². The van der Waals surface area contributed by atoms with Crippen molar-refractivity contribution in [1.82, 2.24) is 0 Å². The minimum absolute atomic E-state index is 0.0796. The molecule has 2 nitrogen and oxygen atoms in total. The Hall–Kier alpha value is -2.30. The molecule has 0 spiro atoms. The number of hydrogen-bond acceptors (Lipinski definition) is 2. The van der Waals surface area contributed by atoms with Crippen molar-refractivity contribution in [2.75, 3.05) is 0 Å². The first-order valence-electron chi connectivity index (χ1n) is 6.27. The zero-order valence-corrected chi connectivity index (χ0v) is 12.7. The van der Waals surface area contributed by atoms with Gasteiger partial charge >= 0.3 is 12.5 Å². The van der Waals surface area contributed by atoms with Crippen LogP contribution in [-0.4, -0.2) is 6.36 Å². The minimum atomic E-state index is -5.45. The third-order valence-electron chi connectivity index (χ3n) is 2.73. The Morgan fingerprint density at radius 1 is 0.692 bits per heavy atom. The van der Waals surface area contributed by atoms with Gasteiger partial charge in [0.1, 0.15) is 22.9 Å². The average Bonchev–Trinajstić information content (AvgIpc) is 2.39. The topological polar surface area (TPSA) is 18.5 Å². The number of rotatable bonds is 4. The third-order valence-corrected chi connectivity index (χ3v) is 2.95. The average molecular weight is 411 g/mol. The van der Waals surface area contributed by atoms with Crippen molar-refractivity contribution in [2.24, 2.45) is 0 Å². The lowest BCUT2D eigenvalue weighted by molar-refractivity contribution is -0.276. The lowest BCUT2D eigenvalue weighted by Gasteiger charge is -2.20. The van der Waals surface area contributed by atoms with Crippen LogP contribution in [0.15, 0.2) is 24.3 Å². The Morgan fingerprint density at radius 3 is 1.58 bits per heavy atom. The van der Waals surface area contributed by atoms with Crippen LogP contribution in [0.4, 0.5) is 39.5 Å². The molecule has 26 heavy (non-hydrogen) atoms. The van der Waals surface area contributed by atoms with E-state index in [2.05, 4.69) is 9.47 Å². The normalized spacial score (nSPS) is 12.2. The summed E-state index contributed by atoms with van der Waals surface area (Å²) in [5, 5.41) is -0.551. The largest absolute Gasteiger partial charge is 0.573 e. The lowest BCUT2D eigenvalue weighted by Crippen LogP contribution is -2.25. The van der Waals surface area contributed by atoms with Crippen molar-refractivity contribution in [1.29, 1.82) is 0 Å². The molecule has 0 aromatic heterocycles. The molecular formula is C14H4ClF9O2. The second-order valence-electron chi connectivity index (χ2n) is 4.63. The predicted molar refractivity (Wildman–Crippen MR) is 68.9 cm³/mol. The highest BCUT2D eigenvalue weighted by molar-refractivity contribution is 6.30. The van der Waals surface area contributed by atoms with Crippen LogP contribution in [0.1, 0.15) is 5.56 Å². The van der Waals surface area contributed by atoms with Crippen LogP contribution < -0.4 is 9.47 Å². The Kier molecular flexibility index (Phi) is 5.22. The summed E-state index contributed by atoms with van der Waals surface area (Å²) < 4.78 is 125. The van der Waals surface area contributed by atoms with Crippen molar-refractivity contribution in [3.8, 4) is 11.5 Å². The smallest absolute Gasteiger partial charge is 0.429 e. The van der Waals surface area contributed by atoms with Gasteiger partial charge in [-0.1, -0.05) is 11.6 Å². The quantitative estimate of drug-likeness (QED) is 0.582. The maximum atomic E-state index is 13.9. The van der Waals surface area contributed by atoms with E-state index in [0.717, 1.165) is 0 Å². The first-order valence-corrected chi connectivity index (χ1v) is 6.64. The fraction of sp³-hybridized carbons (Fsp3) is 0.143. The molecule has 0 N–H and O–H groups in total. The molecule has 0 bridgehead atoms. The van der Waals surface area contributed by atoms with Gasteiger partial charge in [0, 0.05) is 17.2 Å². The first-order chi connectivity index (χ1) is 11.8. The van der Waals surface area contributed by atoms with Crippen molar-refractivity contribution in [3.05, 3.63) is 58.1 Å². The maximum Gasteiger partial charge on any atom is 0.573 e. The molecule has 0 heterocycles. The van der Waals surface area contributed by atoms with Crippen LogP contribution in [0, 0.1) is 23.3 Å². The van der Waals surface area contributed by atoms with Crippen LogP contribution in [0.2, 0.25) is 5.02 Å². The van der Waals surface area contributed by atoms with Gasteiger partial charge in [-0.25, -0.2) is 17.6 Å². The highest BCUT2D eigenvalue weighted by Crippen LogP contribution is 2.38. The van der Waals surface area contributed by atoms with Gasteiger partial charge in [-0.15, -0.1) is 13.2 Å². The van der Waals surface area contributed by atoms with Crippen LogP contribution in [0.25, 0.3) is 0 Å². The van der Waals surface area contributed by atoms with Crippen LogP contribution >= 0.6 is 11.6 Å². The van der Waals surface area contributed by atoms with Crippen molar-refractivity contribution >= 4 is 11.6 Å². The highest BCUT2D eigenvalue weighted by Gasteiger charge is 2.42. The molecule has 2 rings (SSSR count). The van der Waals surface area contributed by atoms with Gasteiger partial charge in [-0.05, 0) is 12.1 Å². The molecule has 0 fully saturated rings. The van der Waals surface area contributed by atoms with E-state index in [1.165, 1.54) is 0 Å². The van der Waals surface area contributed by atoms with Crippen LogP contribution in [0.5, 0.6) is 11.5 Å². The monoisotopic (exact) mass is 410 g/mol. The first kappa shape index (κ1) is 20.0. The Morgan fingerprint density at radius 2 is 1.15 bits per heavy atom. The Labute approximate surface area is 143 Å². The molecule has 142 valence electrons. The van der Waals surface area contributed by atoms with E-state index < -0.39 is 57.8 Å². The summed E-state index contributed by atoms with van der Waals surface area (Å²) in [6, 6.07) is 0.505. The summed E-state index contributed by atoms with van der Waals surface area (Å²) in [7, 11) is 0. The van der Waals surface area contributed by atoms with E-state index in [1.54, 1.807) is 0 Å². The standard InChI is InChI=1S/C14H4ClF9O2/c15-5-1-7(16)11(8(17)2-5)13(20,21)25-6-3-9(18)12(10(19)4-6)26-14(22,23)24/h1-4H. The third kappa shape index (κ3) is 4.45. The number of hydrogen-bond donors (Lipinski definition) is 0. The molecule has 0 saturated heterocycles. The van der Waals surface area contributed by atoms with Gasteiger partial charge in [0.15, 0.2) is 11.6 Å².